The summed E-state index contributed by atoms with van der Waals surface area (Å²) >= 11 is 0. The number of anilines is 1. The molecular weight excluding hydrogens is 240 g/mol. The molecule has 0 spiro atoms. The largest absolute Gasteiger partial charge is 0.301 e. The third-order valence-corrected chi connectivity index (χ3v) is 3.85. The van der Waals surface area contributed by atoms with Crippen LogP contribution >= 0.6 is 7.29 Å². The molecule has 1 heterocycles. The van der Waals surface area contributed by atoms with Crippen molar-refractivity contribution in [1.29, 1.82) is 0 Å². The third-order valence-electron chi connectivity index (χ3n) is 2.38. The van der Waals surface area contributed by atoms with Gasteiger partial charge >= 0.3 is 0 Å². The minimum absolute atomic E-state index is 0.148. The minimum atomic E-state index is -2.70. The number of alkyl halides is 1. The van der Waals surface area contributed by atoms with Crippen molar-refractivity contribution in [1.82, 2.24) is 9.97 Å². The predicted molar refractivity (Wildman–Crippen MR) is 68.6 cm³/mol. The Morgan fingerprint density at radius 2 is 1.94 bits per heavy atom. The van der Waals surface area contributed by atoms with Gasteiger partial charge in [0.2, 0.25) is 0 Å². The van der Waals surface area contributed by atoms with Crippen LogP contribution in [0.4, 0.5) is 10.2 Å². The van der Waals surface area contributed by atoms with Crippen LogP contribution in [0.25, 0.3) is 0 Å². The molecule has 1 aromatic heterocycles. The lowest BCUT2D eigenvalue weighted by Crippen LogP contribution is -2.21. The smallest absolute Gasteiger partial charge is 0.169 e. The van der Waals surface area contributed by atoms with E-state index in [9.17, 15) is 8.96 Å². The number of hydrogen-bond acceptors (Lipinski definition) is 3. The van der Waals surface area contributed by atoms with Gasteiger partial charge in [-0.25, -0.2) is 14.4 Å². The molecule has 0 aromatic carbocycles. The summed E-state index contributed by atoms with van der Waals surface area (Å²) in [7, 11) is -2.70. The predicted octanol–water partition coefficient (Wildman–Crippen LogP) is 3.05. The minimum Gasteiger partial charge on any atom is -0.301 e. The van der Waals surface area contributed by atoms with Gasteiger partial charge in [-0.05, 0) is 0 Å². The molecule has 0 fully saturated rings. The van der Waals surface area contributed by atoms with Crippen molar-refractivity contribution < 1.29 is 8.96 Å². The summed E-state index contributed by atoms with van der Waals surface area (Å²) in [5.41, 5.74) is 0.653. The molecule has 0 bridgehead atoms. The molecule has 0 aliphatic carbocycles. The number of nitrogens with zero attached hydrogens (tertiary/aromatic N) is 3. The highest BCUT2D eigenvalue weighted by atomic mass is 31.2. The Kier molecular flexibility index (Phi) is 3.92. The van der Waals surface area contributed by atoms with Gasteiger partial charge in [-0.2, -0.15) is 0 Å². The van der Waals surface area contributed by atoms with Crippen LogP contribution in [0.15, 0.2) is 12.4 Å². The summed E-state index contributed by atoms with van der Waals surface area (Å²) < 4.78 is 26.1. The molecule has 0 aliphatic heterocycles. The van der Waals surface area contributed by atoms with Gasteiger partial charge in [0.25, 0.3) is 0 Å². The first kappa shape index (κ1) is 14.1. The standard InChI is InChI=1S/C11H19FN3OP/c1-11(2,3)9-6-10(14-8-13-9)15(7-12)17(4,5)16/h6,8H,7H2,1-5H3. The topological polar surface area (TPSA) is 46.1 Å². The van der Waals surface area contributed by atoms with Crippen molar-refractivity contribution in [2.24, 2.45) is 0 Å². The first-order valence-electron chi connectivity index (χ1n) is 5.38. The van der Waals surface area contributed by atoms with Gasteiger partial charge in [0, 0.05) is 24.8 Å². The van der Waals surface area contributed by atoms with Crippen LogP contribution in [0.2, 0.25) is 0 Å². The van der Waals surface area contributed by atoms with Crippen LogP contribution in [-0.2, 0) is 9.98 Å². The van der Waals surface area contributed by atoms with Crippen LogP contribution in [0.5, 0.6) is 0 Å². The van der Waals surface area contributed by atoms with E-state index in [2.05, 4.69) is 9.97 Å². The Labute approximate surface area is 102 Å². The number of aromatic nitrogens is 2. The average Bonchev–Trinajstić information content (AvgIpc) is 2.15. The quantitative estimate of drug-likeness (QED) is 0.618. The summed E-state index contributed by atoms with van der Waals surface area (Å²) in [6, 6.07) is 1.69. The molecule has 0 N–H and O–H groups in total. The molecular formula is C11H19FN3OP. The maximum absolute atomic E-state index is 13.0. The van der Waals surface area contributed by atoms with E-state index in [1.165, 1.54) is 24.3 Å². The number of rotatable bonds is 3. The maximum Gasteiger partial charge on any atom is 0.169 e. The van der Waals surface area contributed by atoms with Crippen LogP contribution in [0.3, 0.4) is 0 Å². The molecule has 0 unspecified atom stereocenters. The van der Waals surface area contributed by atoms with Crippen molar-refractivity contribution in [3.05, 3.63) is 18.1 Å². The second-order valence-electron chi connectivity index (χ2n) is 5.32. The summed E-state index contributed by atoms with van der Waals surface area (Å²) in [6.45, 7) is 8.25. The van der Waals surface area contributed by atoms with Crippen LogP contribution in [0.1, 0.15) is 26.5 Å². The first-order chi connectivity index (χ1) is 7.66. The monoisotopic (exact) mass is 259 g/mol. The molecule has 4 nitrogen and oxygen atoms in total. The normalized spacial score (nSPS) is 12.6. The zero-order valence-corrected chi connectivity index (χ0v) is 11.8. The van der Waals surface area contributed by atoms with E-state index < -0.39 is 14.1 Å². The Morgan fingerprint density at radius 3 is 2.35 bits per heavy atom. The SMILES string of the molecule is CC(C)(C)c1cc(N(CF)P(C)(C)=O)ncn1. The maximum atomic E-state index is 13.0. The van der Waals surface area contributed by atoms with Gasteiger partial charge in [-0.15, -0.1) is 0 Å². The molecule has 0 atom stereocenters. The van der Waals surface area contributed by atoms with Gasteiger partial charge in [0.15, 0.2) is 14.1 Å². The molecule has 0 amide bonds. The zero-order chi connectivity index (χ0) is 13.3. The number of hydrogen-bond donors (Lipinski definition) is 0. The highest BCUT2D eigenvalue weighted by Gasteiger charge is 2.23. The highest BCUT2D eigenvalue weighted by Crippen LogP contribution is 2.44. The van der Waals surface area contributed by atoms with E-state index in [-0.39, 0.29) is 5.41 Å². The van der Waals surface area contributed by atoms with Crippen LogP contribution in [-0.4, -0.2) is 30.1 Å². The van der Waals surface area contributed by atoms with E-state index in [1.807, 2.05) is 20.8 Å². The Hall–Kier alpha value is -0.960. The van der Waals surface area contributed by atoms with Crippen molar-refractivity contribution in [3.8, 4) is 0 Å². The molecule has 0 radical (unpaired) electrons. The van der Waals surface area contributed by atoms with E-state index >= 15 is 0 Å². The van der Waals surface area contributed by atoms with Crippen LogP contribution in [0, 0.1) is 0 Å². The summed E-state index contributed by atoms with van der Waals surface area (Å²) in [4.78, 5) is 8.15. The van der Waals surface area contributed by atoms with E-state index in [0.29, 0.717) is 5.82 Å². The van der Waals surface area contributed by atoms with Crippen molar-refractivity contribution in [2.45, 2.75) is 26.2 Å². The van der Waals surface area contributed by atoms with E-state index in [4.69, 9.17) is 0 Å². The van der Waals surface area contributed by atoms with Crippen molar-refractivity contribution in [2.75, 3.05) is 24.8 Å². The van der Waals surface area contributed by atoms with Crippen molar-refractivity contribution >= 4 is 13.1 Å². The molecule has 0 aliphatic rings. The molecule has 6 heteroatoms. The molecule has 96 valence electrons. The summed E-state index contributed by atoms with van der Waals surface area (Å²) in [5, 5.41) is 0. The average molecular weight is 259 g/mol. The summed E-state index contributed by atoms with van der Waals surface area (Å²) in [6.07, 6.45) is 1.38. The molecule has 1 rings (SSSR count). The van der Waals surface area contributed by atoms with Gasteiger partial charge in [-0.1, -0.05) is 20.8 Å². The lowest BCUT2D eigenvalue weighted by molar-refractivity contribution is 0.497. The van der Waals surface area contributed by atoms with E-state index in [1.54, 1.807) is 6.07 Å². The molecule has 0 saturated carbocycles. The fraction of sp³-hybridized carbons (Fsp3) is 0.636. The molecule has 17 heavy (non-hydrogen) atoms. The Morgan fingerprint density at radius 1 is 1.35 bits per heavy atom. The van der Waals surface area contributed by atoms with Gasteiger partial charge in [-0.3, -0.25) is 4.67 Å². The summed E-state index contributed by atoms with van der Waals surface area (Å²) in [5.74, 6) is 0.376. The lowest BCUT2D eigenvalue weighted by Gasteiger charge is -2.26. The second kappa shape index (κ2) is 4.73. The fourth-order valence-corrected chi connectivity index (χ4v) is 2.20. The molecule has 1 aromatic rings. The lowest BCUT2D eigenvalue weighted by atomic mass is 9.92. The fourth-order valence-electron chi connectivity index (χ4n) is 1.34. The highest BCUT2D eigenvalue weighted by molar-refractivity contribution is 7.64. The Balaban J connectivity index is 3.19. The van der Waals surface area contributed by atoms with Gasteiger partial charge < -0.3 is 4.57 Å². The van der Waals surface area contributed by atoms with Gasteiger partial charge in [0.05, 0.1) is 5.69 Å². The number of halogens is 1. The molecule has 0 saturated heterocycles. The van der Waals surface area contributed by atoms with Crippen molar-refractivity contribution in [3.63, 3.8) is 0 Å². The van der Waals surface area contributed by atoms with E-state index in [0.717, 1.165) is 5.69 Å². The second-order valence-corrected chi connectivity index (χ2v) is 8.40. The van der Waals surface area contributed by atoms with Crippen LogP contribution < -0.4 is 4.67 Å². The Bertz CT molecular complexity index is 439. The third kappa shape index (κ3) is 3.50. The zero-order valence-electron chi connectivity index (χ0n) is 10.9. The first-order valence-corrected chi connectivity index (χ1v) is 7.93. The van der Waals surface area contributed by atoms with Gasteiger partial charge in [0.1, 0.15) is 12.1 Å².